The van der Waals surface area contributed by atoms with E-state index in [0.29, 0.717) is 0 Å². The zero-order valence-electron chi connectivity index (χ0n) is 28.7. The molecule has 3 aliphatic carbocycles. The fraction of sp³-hybridized carbons (Fsp3) is 0.0800. The molecule has 9 rings (SSSR count). The van der Waals surface area contributed by atoms with E-state index < -0.39 is 0 Å². The van der Waals surface area contributed by atoms with E-state index in [0.717, 1.165) is 28.7 Å². The summed E-state index contributed by atoms with van der Waals surface area (Å²) < 4.78 is 6.32. The van der Waals surface area contributed by atoms with E-state index in [1.807, 2.05) is 24.3 Å². The van der Waals surface area contributed by atoms with Crippen molar-refractivity contribution in [1.82, 2.24) is 0 Å². The number of benzene rings is 5. The quantitative estimate of drug-likeness (QED) is 0.184. The largest absolute Gasteiger partial charge is 0.456 e. The minimum Gasteiger partial charge on any atom is -0.456 e. The van der Waals surface area contributed by atoms with Crippen molar-refractivity contribution < 1.29 is 4.42 Å². The van der Waals surface area contributed by atoms with Crippen LogP contribution in [0.4, 0.5) is 0 Å². The predicted molar refractivity (Wildman–Crippen MR) is 214 cm³/mol. The summed E-state index contributed by atoms with van der Waals surface area (Å²) in [7, 11) is 0. The van der Waals surface area contributed by atoms with Crippen LogP contribution < -0.4 is 10.4 Å². The smallest absolute Gasteiger partial charge is 0.135 e. The van der Waals surface area contributed by atoms with Crippen LogP contribution in [-0.4, -0.2) is 0 Å². The lowest BCUT2D eigenvalue weighted by atomic mass is 9.60. The maximum absolute atomic E-state index is 6.32. The molecule has 2 atom stereocenters. The highest BCUT2D eigenvalue weighted by Crippen LogP contribution is 2.50. The second-order valence-electron chi connectivity index (χ2n) is 13.9. The lowest BCUT2D eigenvalue weighted by Crippen LogP contribution is -2.45. The molecule has 1 nitrogen and oxygen atoms in total. The summed E-state index contributed by atoms with van der Waals surface area (Å²) in [6, 6.07) is 44.5. The second-order valence-corrected chi connectivity index (χ2v) is 13.9. The SMILES string of the molecule is C=C1/C=C\C=C/Cc2c(oc3ccc(-c4ccc(C5=c6ccccc6=C(c6ccc(-c7ccccc7)cc6)C6(C)C=CC=CC56)cc4)cc23)/C=C\1. The van der Waals surface area contributed by atoms with Gasteiger partial charge in [0.05, 0.1) is 0 Å². The summed E-state index contributed by atoms with van der Waals surface area (Å²) in [5.41, 5.74) is 13.0. The van der Waals surface area contributed by atoms with Crippen LogP contribution in [0.1, 0.15) is 29.4 Å². The molecule has 0 amide bonds. The molecule has 0 fully saturated rings. The van der Waals surface area contributed by atoms with Crippen LogP contribution in [-0.2, 0) is 6.42 Å². The first kappa shape index (κ1) is 30.8. The molecule has 0 saturated heterocycles. The molecule has 3 aliphatic rings. The summed E-state index contributed by atoms with van der Waals surface area (Å²) in [6.45, 7) is 6.53. The van der Waals surface area contributed by atoms with Crippen molar-refractivity contribution in [2.24, 2.45) is 11.3 Å². The predicted octanol–water partition coefficient (Wildman–Crippen LogP) is 11.2. The summed E-state index contributed by atoms with van der Waals surface area (Å²) in [5.74, 6) is 1.08. The molecular formula is C50H38O. The number of furan rings is 1. The Morgan fingerprint density at radius 1 is 0.608 bits per heavy atom. The van der Waals surface area contributed by atoms with Crippen molar-refractivity contribution in [3.05, 3.63) is 221 Å². The van der Waals surface area contributed by atoms with E-state index in [1.165, 1.54) is 60.5 Å². The summed E-state index contributed by atoms with van der Waals surface area (Å²) in [5, 5.41) is 3.76. The third-order valence-electron chi connectivity index (χ3n) is 10.8. The van der Waals surface area contributed by atoms with Gasteiger partial charge in [0, 0.05) is 22.3 Å². The van der Waals surface area contributed by atoms with Gasteiger partial charge < -0.3 is 4.42 Å². The van der Waals surface area contributed by atoms with Crippen molar-refractivity contribution in [3.63, 3.8) is 0 Å². The Kier molecular flexibility index (Phi) is 7.63. The monoisotopic (exact) mass is 654 g/mol. The molecule has 0 bridgehead atoms. The molecule has 6 aromatic rings. The Morgan fingerprint density at radius 3 is 2.08 bits per heavy atom. The number of hydrogen-bond donors (Lipinski definition) is 0. The Labute approximate surface area is 299 Å². The second kappa shape index (κ2) is 12.6. The number of hydrogen-bond acceptors (Lipinski definition) is 1. The van der Waals surface area contributed by atoms with E-state index in [4.69, 9.17) is 4.42 Å². The van der Waals surface area contributed by atoms with E-state index >= 15 is 0 Å². The average Bonchev–Trinajstić information content (AvgIpc) is 3.53. The van der Waals surface area contributed by atoms with Crippen molar-refractivity contribution >= 4 is 28.2 Å². The number of allylic oxidation sites excluding steroid dienone is 10. The highest BCUT2D eigenvalue weighted by atomic mass is 16.3. The van der Waals surface area contributed by atoms with Crippen LogP contribution in [0.15, 0.2) is 193 Å². The van der Waals surface area contributed by atoms with Crippen LogP contribution in [0.3, 0.4) is 0 Å². The Bertz CT molecular complexity index is 2600. The van der Waals surface area contributed by atoms with Gasteiger partial charge in [0.1, 0.15) is 11.3 Å². The Morgan fingerprint density at radius 2 is 1.27 bits per heavy atom. The van der Waals surface area contributed by atoms with Gasteiger partial charge >= 0.3 is 0 Å². The molecule has 51 heavy (non-hydrogen) atoms. The molecule has 0 spiro atoms. The van der Waals surface area contributed by atoms with Gasteiger partial charge in [-0.1, -0.05) is 177 Å². The van der Waals surface area contributed by atoms with Gasteiger partial charge in [-0.2, -0.15) is 0 Å². The molecule has 244 valence electrons. The van der Waals surface area contributed by atoms with Gasteiger partial charge in [-0.05, 0) is 85.2 Å². The molecule has 1 heteroatoms. The molecule has 0 N–H and O–H groups in total. The molecular weight excluding hydrogens is 617 g/mol. The fourth-order valence-electron chi connectivity index (χ4n) is 8.24. The van der Waals surface area contributed by atoms with Gasteiger partial charge in [-0.3, -0.25) is 0 Å². The molecule has 0 radical (unpaired) electrons. The van der Waals surface area contributed by atoms with Crippen molar-refractivity contribution in [1.29, 1.82) is 0 Å². The van der Waals surface area contributed by atoms with Crippen molar-refractivity contribution in [2.75, 3.05) is 0 Å². The molecule has 2 unspecified atom stereocenters. The van der Waals surface area contributed by atoms with Gasteiger partial charge in [0.2, 0.25) is 0 Å². The number of rotatable bonds is 4. The van der Waals surface area contributed by atoms with Crippen LogP contribution >= 0.6 is 0 Å². The van der Waals surface area contributed by atoms with Crippen LogP contribution in [0.5, 0.6) is 0 Å². The molecule has 1 heterocycles. The minimum atomic E-state index is -0.211. The van der Waals surface area contributed by atoms with Gasteiger partial charge in [0.25, 0.3) is 0 Å². The first-order valence-corrected chi connectivity index (χ1v) is 17.8. The molecule has 5 aromatic carbocycles. The zero-order chi connectivity index (χ0) is 34.4. The highest BCUT2D eigenvalue weighted by molar-refractivity contribution is 5.90. The maximum atomic E-state index is 6.32. The molecule has 0 aliphatic heterocycles. The maximum Gasteiger partial charge on any atom is 0.135 e. The van der Waals surface area contributed by atoms with E-state index in [-0.39, 0.29) is 11.3 Å². The third-order valence-corrected chi connectivity index (χ3v) is 10.8. The van der Waals surface area contributed by atoms with Gasteiger partial charge in [0.15, 0.2) is 0 Å². The molecule has 1 aromatic heterocycles. The third kappa shape index (κ3) is 5.43. The summed E-state index contributed by atoms with van der Waals surface area (Å²) in [4.78, 5) is 0. The van der Waals surface area contributed by atoms with Crippen LogP contribution in [0.25, 0.3) is 50.4 Å². The first-order chi connectivity index (χ1) is 25.1. The fourth-order valence-corrected chi connectivity index (χ4v) is 8.24. The van der Waals surface area contributed by atoms with Crippen molar-refractivity contribution in [2.45, 2.75) is 13.3 Å². The lowest BCUT2D eigenvalue weighted by Gasteiger charge is -2.42. The Hall–Kier alpha value is -6.18. The van der Waals surface area contributed by atoms with Crippen molar-refractivity contribution in [3.8, 4) is 22.3 Å². The van der Waals surface area contributed by atoms with Gasteiger partial charge in [-0.15, -0.1) is 0 Å². The van der Waals surface area contributed by atoms with E-state index in [1.54, 1.807) is 0 Å². The average molecular weight is 655 g/mol. The van der Waals surface area contributed by atoms with E-state index in [9.17, 15) is 0 Å². The van der Waals surface area contributed by atoms with Crippen LogP contribution in [0.2, 0.25) is 0 Å². The summed E-state index contributed by atoms with van der Waals surface area (Å²) >= 11 is 0. The zero-order valence-corrected chi connectivity index (χ0v) is 28.7. The highest BCUT2D eigenvalue weighted by Gasteiger charge is 2.41. The standard InChI is InChI=1S/C50H38O/c1-34-13-5-3-8-16-41-44-33-40(29-31-47(44)51-46(41)30-20-34)37-21-25-38(26-22-37)48-42-17-9-10-18-43(42)49(50(2)32-12-11-19-45(48)50)39-27-23-36(24-28-39)35-14-6-4-7-15-35/h3-15,17-33,45H,1,16H2,2H3/b8-3-,13-5-,30-20-. The molecule has 0 saturated carbocycles. The minimum absolute atomic E-state index is 0.189. The summed E-state index contributed by atoms with van der Waals surface area (Å²) in [6.07, 6.45) is 22.4. The Balaban J connectivity index is 1.15. The van der Waals surface area contributed by atoms with Gasteiger partial charge in [-0.25, -0.2) is 0 Å². The first-order valence-electron chi connectivity index (χ1n) is 17.8. The normalized spacial score (nSPS) is 21.1. The lowest BCUT2D eigenvalue weighted by molar-refractivity contribution is 0.478. The van der Waals surface area contributed by atoms with E-state index in [2.05, 4.69) is 171 Å². The van der Waals surface area contributed by atoms with Crippen LogP contribution in [0, 0.1) is 11.3 Å². The number of fused-ring (bicyclic) bond motifs is 5. The topological polar surface area (TPSA) is 13.1 Å².